The third kappa shape index (κ3) is 7.83. The molecule has 0 aromatic heterocycles. The predicted octanol–water partition coefficient (Wildman–Crippen LogP) is 2.91. The summed E-state index contributed by atoms with van der Waals surface area (Å²) in [6.07, 6.45) is 0. The summed E-state index contributed by atoms with van der Waals surface area (Å²) in [4.78, 5) is 4.43. The van der Waals surface area contributed by atoms with Gasteiger partial charge in [0.15, 0.2) is 5.96 Å². The minimum absolute atomic E-state index is 0.0913. The Morgan fingerprint density at radius 1 is 1.00 bits per heavy atom. The molecule has 0 fully saturated rings. The zero-order valence-corrected chi connectivity index (χ0v) is 17.9. The molecule has 0 saturated carbocycles. The smallest absolute Gasteiger partial charge is 0.216 e. The lowest BCUT2D eigenvalue weighted by Crippen LogP contribution is -2.37. The van der Waals surface area contributed by atoms with E-state index in [9.17, 15) is 12.8 Å². The van der Waals surface area contributed by atoms with Crippen LogP contribution in [0.5, 0.6) is 0 Å². The second-order valence-corrected chi connectivity index (χ2v) is 8.69. The number of aliphatic imine (C=N–C) groups is 1. The average Bonchev–Trinajstić information content (AvgIpc) is 2.65. The molecule has 0 amide bonds. The zero-order valence-electron chi connectivity index (χ0n) is 17.1. The molecule has 0 aliphatic heterocycles. The summed E-state index contributed by atoms with van der Waals surface area (Å²) >= 11 is 0. The number of nitrogens with zero attached hydrogens (tertiary/aromatic N) is 1. The van der Waals surface area contributed by atoms with Crippen LogP contribution in [0.15, 0.2) is 53.5 Å². The zero-order chi connectivity index (χ0) is 21.3. The first-order valence-electron chi connectivity index (χ1n) is 9.63. The molecule has 2 rings (SSSR count). The lowest BCUT2D eigenvalue weighted by atomic mass is 10.1. The van der Waals surface area contributed by atoms with Crippen molar-refractivity contribution in [1.29, 1.82) is 0 Å². The maximum absolute atomic E-state index is 13.8. The second kappa shape index (κ2) is 10.9. The van der Waals surface area contributed by atoms with Crippen molar-refractivity contribution in [3.05, 3.63) is 71.0 Å². The molecule has 2 aromatic carbocycles. The Balaban J connectivity index is 2.10. The minimum atomic E-state index is -3.42. The number of rotatable bonds is 9. The molecule has 3 N–H and O–H groups in total. The van der Waals surface area contributed by atoms with Gasteiger partial charge in [-0.15, -0.1) is 0 Å². The Kier molecular flexibility index (Phi) is 8.60. The van der Waals surface area contributed by atoms with E-state index in [0.717, 1.165) is 11.1 Å². The predicted molar refractivity (Wildman–Crippen MR) is 115 cm³/mol. The molecule has 0 radical (unpaired) electrons. The lowest BCUT2D eigenvalue weighted by molar-refractivity contribution is 0.568. The number of nitrogens with one attached hydrogen (secondary N) is 3. The van der Waals surface area contributed by atoms with Gasteiger partial charge >= 0.3 is 0 Å². The first kappa shape index (κ1) is 22.8. The number of benzene rings is 2. The summed E-state index contributed by atoms with van der Waals surface area (Å²) < 4.78 is 41.0. The molecule has 0 bridgehead atoms. The van der Waals surface area contributed by atoms with Gasteiger partial charge in [-0.25, -0.2) is 22.5 Å². The SMILES string of the molecule is CCNC(=NCc1ccccc1F)NCc1ccccc1CS(=O)(=O)NC(C)C. The molecule has 0 saturated heterocycles. The van der Waals surface area contributed by atoms with E-state index in [4.69, 9.17) is 0 Å². The van der Waals surface area contributed by atoms with Gasteiger partial charge in [0.25, 0.3) is 0 Å². The molecule has 6 nitrogen and oxygen atoms in total. The van der Waals surface area contributed by atoms with Crippen molar-refractivity contribution in [1.82, 2.24) is 15.4 Å². The van der Waals surface area contributed by atoms with Crippen LogP contribution < -0.4 is 15.4 Å². The van der Waals surface area contributed by atoms with E-state index in [1.54, 1.807) is 38.1 Å². The normalized spacial score (nSPS) is 12.2. The van der Waals surface area contributed by atoms with Crippen molar-refractivity contribution in [3.63, 3.8) is 0 Å². The molecule has 2 aromatic rings. The quantitative estimate of drug-likeness (QED) is 0.430. The Labute approximate surface area is 172 Å². The molecule has 158 valence electrons. The van der Waals surface area contributed by atoms with E-state index in [2.05, 4.69) is 20.3 Å². The summed E-state index contributed by atoms with van der Waals surface area (Å²) in [6, 6.07) is 13.7. The minimum Gasteiger partial charge on any atom is -0.357 e. The third-order valence-electron chi connectivity index (χ3n) is 4.04. The van der Waals surface area contributed by atoms with Crippen molar-refractivity contribution < 1.29 is 12.8 Å². The third-order valence-corrected chi connectivity index (χ3v) is 5.56. The van der Waals surface area contributed by atoms with Crippen molar-refractivity contribution >= 4 is 16.0 Å². The largest absolute Gasteiger partial charge is 0.357 e. The number of halogens is 1. The molecular weight excluding hydrogens is 391 g/mol. The Morgan fingerprint density at radius 2 is 1.62 bits per heavy atom. The highest BCUT2D eigenvalue weighted by molar-refractivity contribution is 7.88. The van der Waals surface area contributed by atoms with E-state index in [1.807, 2.05) is 25.1 Å². The Morgan fingerprint density at radius 3 is 2.24 bits per heavy atom. The Hall–Kier alpha value is -2.45. The molecular formula is C21H29FN4O2S. The van der Waals surface area contributed by atoms with Crippen molar-refractivity contribution in [2.75, 3.05) is 6.54 Å². The van der Waals surface area contributed by atoms with Gasteiger partial charge in [-0.2, -0.15) is 0 Å². The number of hydrogen-bond acceptors (Lipinski definition) is 3. The van der Waals surface area contributed by atoms with Gasteiger partial charge in [0, 0.05) is 24.7 Å². The lowest BCUT2D eigenvalue weighted by Gasteiger charge is -2.15. The van der Waals surface area contributed by atoms with Crippen LogP contribution in [0.4, 0.5) is 4.39 Å². The standard InChI is InChI=1S/C21H29FN4O2S/c1-4-23-21(25-14-18-10-7-8-12-20(18)22)24-13-17-9-5-6-11-19(17)15-29(27,28)26-16(2)3/h5-12,16,26H,4,13-15H2,1-3H3,(H2,23,24,25). The fourth-order valence-electron chi connectivity index (χ4n) is 2.79. The van der Waals surface area contributed by atoms with Crippen molar-refractivity contribution in [2.24, 2.45) is 4.99 Å². The first-order valence-corrected chi connectivity index (χ1v) is 11.3. The van der Waals surface area contributed by atoms with Gasteiger partial charge in [-0.3, -0.25) is 0 Å². The Bertz CT molecular complexity index is 930. The number of hydrogen-bond donors (Lipinski definition) is 3. The molecule has 0 aliphatic rings. The topological polar surface area (TPSA) is 82.6 Å². The van der Waals surface area contributed by atoms with Gasteiger partial charge in [0.1, 0.15) is 5.82 Å². The van der Waals surface area contributed by atoms with E-state index >= 15 is 0 Å². The van der Waals surface area contributed by atoms with Crippen molar-refractivity contribution in [3.8, 4) is 0 Å². The van der Waals surface area contributed by atoms with Crippen LogP contribution >= 0.6 is 0 Å². The molecule has 29 heavy (non-hydrogen) atoms. The monoisotopic (exact) mass is 420 g/mol. The highest BCUT2D eigenvalue weighted by atomic mass is 32.2. The van der Waals surface area contributed by atoms with Crippen LogP contribution in [0.2, 0.25) is 0 Å². The van der Waals surface area contributed by atoms with E-state index in [0.29, 0.717) is 24.6 Å². The van der Waals surface area contributed by atoms with Crippen LogP contribution in [0.3, 0.4) is 0 Å². The summed E-state index contributed by atoms with van der Waals surface area (Å²) in [7, 11) is -3.42. The highest BCUT2D eigenvalue weighted by Gasteiger charge is 2.15. The summed E-state index contributed by atoms with van der Waals surface area (Å²) in [5, 5.41) is 6.32. The fraction of sp³-hybridized carbons (Fsp3) is 0.381. The second-order valence-electron chi connectivity index (χ2n) is 6.94. The summed E-state index contributed by atoms with van der Waals surface area (Å²) in [5.41, 5.74) is 2.09. The van der Waals surface area contributed by atoms with Crippen LogP contribution in [-0.2, 0) is 28.9 Å². The molecule has 0 heterocycles. The molecule has 0 atom stereocenters. The van der Waals surface area contributed by atoms with Crippen LogP contribution in [0.25, 0.3) is 0 Å². The summed E-state index contributed by atoms with van der Waals surface area (Å²) in [5.74, 6) is 0.153. The van der Waals surface area contributed by atoms with Crippen LogP contribution in [0, 0.1) is 5.82 Å². The maximum atomic E-state index is 13.8. The highest BCUT2D eigenvalue weighted by Crippen LogP contribution is 2.13. The van der Waals surface area contributed by atoms with Crippen LogP contribution in [0.1, 0.15) is 37.5 Å². The van der Waals surface area contributed by atoms with Gasteiger partial charge < -0.3 is 10.6 Å². The van der Waals surface area contributed by atoms with Crippen molar-refractivity contribution in [2.45, 2.75) is 45.7 Å². The van der Waals surface area contributed by atoms with Gasteiger partial charge in [0.05, 0.1) is 12.3 Å². The van der Waals surface area contributed by atoms with Gasteiger partial charge in [-0.05, 0) is 38.0 Å². The molecule has 0 spiro atoms. The fourth-order valence-corrected chi connectivity index (χ4v) is 4.28. The molecule has 0 unspecified atom stereocenters. The molecule has 0 aliphatic carbocycles. The van der Waals surface area contributed by atoms with E-state index in [1.165, 1.54) is 6.07 Å². The maximum Gasteiger partial charge on any atom is 0.216 e. The average molecular weight is 421 g/mol. The molecule has 8 heteroatoms. The first-order chi connectivity index (χ1) is 13.8. The van der Waals surface area contributed by atoms with E-state index in [-0.39, 0.29) is 24.2 Å². The summed E-state index contributed by atoms with van der Waals surface area (Å²) in [6.45, 7) is 6.78. The van der Waals surface area contributed by atoms with Gasteiger partial charge in [-0.1, -0.05) is 42.5 Å². The van der Waals surface area contributed by atoms with Gasteiger partial charge in [0.2, 0.25) is 10.0 Å². The number of guanidine groups is 1. The number of sulfonamides is 1. The van der Waals surface area contributed by atoms with E-state index < -0.39 is 10.0 Å². The van der Waals surface area contributed by atoms with Crippen LogP contribution in [-0.4, -0.2) is 27.0 Å².